The second kappa shape index (κ2) is 7.95. The van der Waals surface area contributed by atoms with Crippen molar-refractivity contribution in [3.8, 4) is 0 Å². The van der Waals surface area contributed by atoms with Crippen LogP contribution in [0, 0.1) is 11.6 Å². The molecule has 0 radical (unpaired) electrons. The topological polar surface area (TPSA) is 27.1 Å². The molecule has 0 spiro atoms. The Hall–Kier alpha value is -1.95. The van der Waals surface area contributed by atoms with Gasteiger partial charge in [0.2, 0.25) is 0 Å². The van der Waals surface area contributed by atoms with E-state index in [0.717, 1.165) is 0 Å². The van der Waals surface area contributed by atoms with Crippen molar-refractivity contribution in [3.05, 3.63) is 87.9 Å². The Morgan fingerprint density at radius 2 is 1.88 bits per heavy atom. The number of hydrogen-bond acceptors (Lipinski definition) is 2. The van der Waals surface area contributed by atoms with Crippen LogP contribution in [0.1, 0.15) is 17.2 Å². The highest BCUT2D eigenvalue weighted by atomic mass is 35.5. The van der Waals surface area contributed by atoms with Crippen LogP contribution in [0.3, 0.4) is 0 Å². The van der Waals surface area contributed by atoms with E-state index in [1.54, 1.807) is 41.5 Å². The van der Waals surface area contributed by atoms with Gasteiger partial charge in [0.1, 0.15) is 17.7 Å². The van der Waals surface area contributed by atoms with Gasteiger partial charge in [-0.3, -0.25) is 0 Å². The third-order valence-corrected chi connectivity index (χ3v) is 4.30. The van der Waals surface area contributed by atoms with Gasteiger partial charge >= 0.3 is 0 Å². The summed E-state index contributed by atoms with van der Waals surface area (Å²) in [6, 6.07) is 8.74. The molecule has 0 saturated heterocycles. The summed E-state index contributed by atoms with van der Waals surface area (Å²) in [4.78, 5) is 3.99. The highest BCUT2D eigenvalue weighted by Gasteiger charge is 2.19. The molecule has 0 aliphatic carbocycles. The van der Waals surface area contributed by atoms with E-state index in [-0.39, 0.29) is 12.2 Å². The van der Waals surface area contributed by atoms with Crippen LogP contribution < -0.4 is 0 Å². The summed E-state index contributed by atoms with van der Waals surface area (Å²) in [6.07, 6.45) is 4.50. The van der Waals surface area contributed by atoms with Crippen LogP contribution in [-0.2, 0) is 17.9 Å². The molecular weight excluding hydrogens is 369 g/mol. The average Bonchev–Trinajstić information content (AvgIpc) is 3.06. The lowest BCUT2D eigenvalue weighted by Crippen LogP contribution is -2.13. The third-order valence-electron chi connectivity index (χ3n) is 3.74. The molecule has 3 nitrogen and oxygen atoms in total. The number of aromatic nitrogens is 2. The highest BCUT2D eigenvalue weighted by Crippen LogP contribution is 2.30. The van der Waals surface area contributed by atoms with E-state index >= 15 is 0 Å². The lowest BCUT2D eigenvalue weighted by molar-refractivity contribution is 0.0250. The summed E-state index contributed by atoms with van der Waals surface area (Å²) >= 11 is 12.2. The summed E-state index contributed by atoms with van der Waals surface area (Å²) in [6.45, 7) is 0.161. The number of nitrogens with zero attached hydrogens (tertiary/aromatic N) is 2. The first kappa shape index (κ1) is 17.9. The van der Waals surface area contributed by atoms with E-state index in [0.29, 0.717) is 22.2 Å². The molecule has 3 rings (SSSR count). The molecule has 0 saturated carbocycles. The Labute approximate surface area is 153 Å². The molecule has 0 bridgehead atoms. The number of imidazole rings is 1. The standard InChI is InChI=1S/C18H14Cl2F2N2O/c19-12-4-5-13(15(20)8-12)18(9-24-7-6-23-11-24)25-10-14-16(21)2-1-3-17(14)22/h1-8,11,18H,9-10H2. The van der Waals surface area contributed by atoms with Crippen molar-refractivity contribution in [1.29, 1.82) is 0 Å². The fourth-order valence-electron chi connectivity index (χ4n) is 2.44. The van der Waals surface area contributed by atoms with Gasteiger partial charge in [-0.05, 0) is 24.3 Å². The summed E-state index contributed by atoms with van der Waals surface area (Å²) < 4.78 is 35.3. The fourth-order valence-corrected chi connectivity index (χ4v) is 2.97. The second-order valence-electron chi connectivity index (χ2n) is 5.43. The monoisotopic (exact) mass is 382 g/mol. The smallest absolute Gasteiger partial charge is 0.131 e. The van der Waals surface area contributed by atoms with Crippen molar-refractivity contribution in [2.24, 2.45) is 0 Å². The molecule has 25 heavy (non-hydrogen) atoms. The molecule has 1 atom stereocenters. The maximum absolute atomic E-state index is 13.8. The maximum atomic E-state index is 13.8. The molecule has 0 aliphatic heterocycles. The molecule has 1 heterocycles. The minimum absolute atomic E-state index is 0.122. The van der Waals surface area contributed by atoms with Crippen LogP contribution in [0.4, 0.5) is 8.78 Å². The molecule has 1 aromatic heterocycles. The van der Waals surface area contributed by atoms with Crippen molar-refractivity contribution < 1.29 is 13.5 Å². The van der Waals surface area contributed by atoms with Gasteiger partial charge in [0.15, 0.2) is 0 Å². The van der Waals surface area contributed by atoms with Gasteiger partial charge in [-0.25, -0.2) is 13.8 Å². The quantitative estimate of drug-likeness (QED) is 0.568. The molecule has 3 aromatic rings. The van der Waals surface area contributed by atoms with E-state index in [1.807, 2.05) is 0 Å². The summed E-state index contributed by atoms with van der Waals surface area (Å²) in [7, 11) is 0. The summed E-state index contributed by atoms with van der Waals surface area (Å²) in [5.41, 5.74) is 0.555. The predicted octanol–water partition coefficient (Wildman–Crippen LogP) is 5.43. The number of halogens is 4. The Morgan fingerprint density at radius 3 is 2.52 bits per heavy atom. The zero-order valence-corrected chi connectivity index (χ0v) is 14.5. The molecule has 0 N–H and O–H groups in total. The van der Waals surface area contributed by atoms with E-state index in [1.165, 1.54) is 18.2 Å². The largest absolute Gasteiger partial charge is 0.367 e. The second-order valence-corrected chi connectivity index (χ2v) is 6.27. The Morgan fingerprint density at radius 1 is 1.12 bits per heavy atom. The average molecular weight is 383 g/mol. The van der Waals surface area contributed by atoms with Gasteiger partial charge in [-0.1, -0.05) is 35.3 Å². The van der Waals surface area contributed by atoms with E-state index in [9.17, 15) is 8.78 Å². The lowest BCUT2D eigenvalue weighted by atomic mass is 10.1. The number of hydrogen-bond donors (Lipinski definition) is 0. The molecule has 130 valence electrons. The molecular formula is C18H14Cl2F2N2O. The minimum Gasteiger partial charge on any atom is -0.367 e. The molecule has 0 amide bonds. The zero-order chi connectivity index (χ0) is 17.8. The van der Waals surface area contributed by atoms with Crippen molar-refractivity contribution >= 4 is 23.2 Å². The van der Waals surface area contributed by atoms with Crippen LogP contribution in [0.25, 0.3) is 0 Å². The third kappa shape index (κ3) is 4.37. The van der Waals surface area contributed by atoms with Crippen LogP contribution >= 0.6 is 23.2 Å². The van der Waals surface area contributed by atoms with Crippen LogP contribution in [0.2, 0.25) is 10.0 Å². The zero-order valence-electron chi connectivity index (χ0n) is 13.0. The highest BCUT2D eigenvalue weighted by molar-refractivity contribution is 6.35. The Kier molecular flexibility index (Phi) is 5.68. The van der Waals surface area contributed by atoms with Crippen molar-refractivity contribution in [2.45, 2.75) is 19.3 Å². The SMILES string of the molecule is Fc1cccc(F)c1COC(Cn1ccnc1)c1ccc(Cl)cc1Cl. The maximum Gasteiger partial charge on any atom is 0.131 e. The van der Waals surface area contributed by atoms with Gasteiger partial charge < -0.3 is 9.30 Å². The van der Waals surface area contributed by atoms with Gasteiger partial charge in [-0.2, -0.15) is 0 Å². The van der Waals surface area contributed by atoms with Crippen molar-refractivity contribution in [3.63, 3.8) is 0 Å². The van der Waals surface area contributed by atoms with E-state index < -0.39 is 17.7 Å². The van der Waals surface area contributed by atoms with Gasteiger partial charge in [0.25, 0.3) is 0 Å². The number of ether oxygens (including phenoxy) is 1. The van der Waals surface area contributed by atoms with Crippen LogP contribution in [0.5, 0.6) is 0 Å². The fraction of sp³-hybridized carbons (Fsp3) is 0.167. The van der Waals surface area contributed by atoms with Crippen molar-refractivity contribution in [1.82, 2.24) is 9.55 Å². The molecule has 7 heteroatoms. The molecule has 2 aromatic carbocycles. The molecule has 0 aliphatic rings. The number of benzene rings is 2. The predicted molar refractivity (Wildman–Crippen MR) is 92.6 cm³/mol. The minimum atomic E-state index is -0.649. The Bertz CT molecular complexity index is 836. The van der Waals surface area contributed by atoms with E-state index in [2.05, 4.69) is 4.98 Å². The lowest BCUT2D eigenvalue weighted by Gasteiger charge is -2.20. The van der Waals surface area contributed by atoms with Gasteiger partial charge in [0.05, 0.1) is 19.5 Å². The first-order valence-corrected chi connectivity index (χ1v) is 8.25. The Balaban J connectivity index is 1.86. The number of rotatable bonds is 6. The summed E-state index contributed by atoms with van der Waals surface area (Å²) in [5.74, 6) is -1.30. The summed E-state index contributed by atoms with van der Waals surface area (Å²) in [5, 5.41) is 0.918. The van der Waals surface area contributed by atoms with Crippen molar-refractivity contribution in [2.75, 3.05) is 0 Å². The van der Waals surface area contributed by atoms with E-state index in [4.69, 9.17) is 27.9 Å². The molecule has 1 unspecified atom stereocenters. The van der Waals surface area contributed by atoms with Crippen LogP contribution in [0.15, 0.2) is 55.1 Å². The van der Waals surface area contributed by atoms with Gasteiger partial charge in [-0.15, -0.1) is 0 Å². The molecule has 0 fully saturated rings. The first-order chi connectivity index (χ1) is 12.0. The normalized spacial score (nSPS) is 12.3. The van der Waals surface area contributed by atoms with Crippen LogP contribution in [-0.4, -0.2) is 9.55 Å². The first-order valence-electron chi connectivity index (χ1n) is 7.50. The van der Waals surface area contributed by atoms with Gasteiger partial charge in [0, 0.05) is 33.6 Å².